The maximum atomic E-state index is 12.2. The zero-order valence-electron chi connectivity index (χ0n) is 7.75. The minimum atomic E-state index is -0.873. The summed E-state index contributed by atoms with van der Waals surface area (Å²) in [6, 6.07) is 0. The van der Waals surface area contributed by atoms with Crippen molar-refractivity contribution < 1.29 is 13.9 Å². The van der Waals surface area contributed by atoms with Crippen LogP contribution in [0.15, 0.2) is 0 Å². The molecule has 0 aromatic heterocycles. The Balaban J connectivity index is 2.17. The van der Waals surface area contributed by atoms with Gasteiger partial charge in [-0.25, -0.2) is 4.39 Å². The number of aliphatic hydroxyl groups is 1. The summed E-state index contributed by atoms with van der Waals surface area (Å²) in [5.41, 5.74) is 0. The molecule has 13 heavy (non-hydrogen) atoms. The monoisotopic (exact) mass is 193 g/mol. The van der Waals surface area contributed by atoms with Crippen LogP contribution in [-0.2, 0) is 0 Å². The van der Waals surface area contributed by atoms with Crippen molar-refractivity contribution in [3.8, 4) is 0 Å². The van der Waals surface area contributed by atoms with E-state index in [4.69, 9.17) is 5.11 Å². The van der Waals surface area contributed by atoms with Gasteiger partial charge in [0.15, 0.2) is 0 Å². The second-order valence-corrected chi connectivity index (χ2v) is 3.71. The van der Waals surface area contributed by atoms with E-state index < -0.39 is 12.8 Å². The molecule has 0 bridgehead atoms. The number of alkyl halides is 2. The Morgan fingerprint density at radius 2 is 1.92 bits per heavy atom. The predicted molar refractivity (Wildman–Crippen MR) is 47.1 cm³/mol. The number of aliphatic hydroxyl groups excluding tert-OH is 1. The van der Waals surface area contributed by atoms with Gasteiger partial charge in [0.25, 0.3) is 0 Å². The van der Waals surface area contributed by atoms with E-state index in [1.807, 2.05) is 4.90 Å². The van der Waals surface area contributed by atoms with Crippen molar-refractivity contribution in [2.24, 2.45) is 5.92 Å². The first kappa shape index (κ1) is 10.9. The number of hydrogen-bond donors (Lipinski definition) is 1. The molecule has 0 radical (unpaired) electrons. The minimum Gasteiger partial charge on any atom is -0.389 e. The number of β-amino-alcohol motifs (C(OH)–C–C–N with tert-alkyl or cyclic N) is 1. The molecule has 1 rings (SSSR count). The van der Waals surface area contributed by atoms with Gasteiger partial charge in [0.1, 0.15) is 6.67 Å². The summed E-state index contributed by atoms with van der Waals surface area (Å²) >= 11 is 0. The lowest BCUT2D eigenvalue weighted by Gasteiger charge is -2.31. The van der Waals surface area contributed by atoms with Gasteiger partial charge >= 0.3 is 0 Å². The summed E-state index contributed by atoms with van der Waals surface area (Å²) < 4.78 is 24.2. The van der Waals surface area contributed by atoms with Crippen molar-refractivity contribution in [2.45, 2.75) is 18.9 Å². The van der Waals surface area contributed by atoms with Crippen LogP contribution in [0.2, 0.25) is 0 Å². The zero-order valence-corrected chi connectivity index (χ0v) is 7.75. The van der Waals surface area contributed by atoms with E-state index in [-0.39, 0.29) is 12.6 Å². The van der Waals surface area contributed by atoms with Crippen LogP contribution < -0.4 is 0 Å². The summed E-state index contributed by atoms with van der Waals surface area (Å²) in [4.78, 5) is 2.00. The minimum absolute atomic E-state index is 0.179. The highest BCUT2D eigenvalue weighted by atomic mass is 19.1. The Bertz CT molecular complexity index is 138. The molecule has 1 fully saturated rings. The molecule has 0 spiro atoms. The fourth-order valence-corrected chi connectivity index (χ4v) is 1.67. The first-order valence-corrected chi connectivity index (χ1v) is 4.78. The Labute approximate surface area is 77.5 Å². The molecule has 4 heteroatoms. The summed E-state index contributed by atoms with van der Waals surface area (Å²) in [5, 5.41) is 9.04. The van der Waals surface area contributed by atoms with Gasteiger partial charge in [0, 0.05) is 6.54 Å². The van der Waals surface area contributed by atoms with E-state index in [9.17, 15) is 8.78 Å². The maximum Gasteiger partial charge on any atom is 0.117 e. The van der Waals surface area contributed by atoms with Crippen molar-refractivity contribution >= 4 is 0 Å². The molecule has 1 aliphatic rings. The van der Waals surface area contributed by atoms with Crippen LogP contribution in [0.3, 0.4) is 0 Å². The largest absolute Gasteiger partial charge is 0.389 e. The predicted octanol–water partition coefficient (Wildman–Crippen LogP) is 0.998. The fraction of sp³-hybridized carbons (Fsp3) is 1.00. The average molecular weight is 193 g/mol. The maximum absolute atomic E-state index is 12.2. The molecule has 78 valence electrons. The number of nitrogens with zero attached hydrogens (tertiary/aromatic N) is 1. The number of likely N-dealkylation sites (tertiary alicyclic amines) is 1. The molecule has 0 aliphatic carbocycles. The van der Waals surface area contributed by atoms with Crippen molar-refractivity contribution in [1.29, 1.82) is 0 Å². The lowest BCUT2D eigenvalue weighted by molar-refractivity contribution is 0.0691. The fourth-order valence-electron chi connectivity index (χ4n) is 1.67. The molecule has 0 aromatic rings. The van der Waals surface area contributed by atoms with Gasteiger partial charge in [-0.15, -0.1) is 0 Å². The SMILES string of the molecule is OC(CF)CN1CCC(CF)CC1. The molecule has 0 aromatic carbocycles. The molecule has 1 heterocycles. The third-order valence-electron chi connectivity index (χ3n) is 2.57. The third kappa shape index (κ3) is 3.56. The second kappa shape index (κ2) is 5.50. The molecular formula is C9H17F2NO. The van der Waals surface area contributed by atoms with E-state index in [2.05, 4.69) is 0 Å². The molecule has 1 unspecified atom stereocenters. The summed E-state index contributed by atoms with van der Waals surface area (Å²) in [6.45, 7) is 1.01. The molecule has 1 atom stereocenters. The highest BCUT2D eigenvalue weighted by Gasteiger charge is 2.20. The molecule has 0 amide bonds. The Hall–Kier alpha value is -0.220. The number of piperidine rings is 1. The van der Waals surface area contributed by atoms with E-state index in [0.717, 1.165) is 25.9 Å². The Morgan fingerprint density at radius 1 is 1.31 bits per heavy atom. The highest BCUT2D eigenvalue weighted by Crippen LogP contribution is 2.17. The summed E-state index contributed by atoms with van der Waals surface area (Å²) in [5.74, 6) is 0.179. The van der Waals surface area contributed by atoms with Gasteiger partial charge in [-0.1, -0.05) is 0 Å². The summed E-state index contributed by atoms with van der Waals surface area (Å²) in [7, 11) is 0. The standard InChI is InChI=1S/C9H17F2NO/c10-5-8-1-3-12(4-2-8)7-9(13)6-11/h8-9,13H,1-7H2. The van der Waals surface area contributed by atoms with Crippen LogP contribution in [0.5, 0.6) is 0 Å². The number of rotatable bonds is 4. The smallest absolute Gasteiger partial charge is 0.117 e. The number of hydrogen-bond acceptors (Lipinski definition) is 2. The molecular weight excluding hydrogens is 176 g/mol. The van der Waals surface area contributed by atoms with Crippen LogP contribution in [0.25, 0.3) is 0 Å². The van der Waals surface area contributed by atoms with Gasteiger partial charge < -0.3 is 10.0 Å². The van der Waals surface area contributed by atoms with E-state index in [0.29, 0.717) is 6.54 Å². The lowest BCUT2D eigenvalue weighted by atomic mass is 9.98. The van der Waals surface area contributed by atoms with E-state index in [1.54, 1.807) is 0 Å². The third-order valence-corrected chi connectivity index (χ3v) is 2.57. The van der Waals surface area contributed by atoms with E-state index in [1.165, 1.54) is 0 Å². The van der Waals surface area contributed by atoms with E-state index >= 15 is 0 Å². The molecule has 1 aliphatic heterocycles. The topological polar surface area (TPSA) is 23.5 Å². The van der Waals surface area contributed by atoms with Gasteiger partial charge in [-0.3, -0.25) is 4.39 Å². The van der Waals surface area contributed by atoms with Crippen molar-refractivity contribution in [3.63, 3.8) is 0 Å². The quantitative estimate of drug-likeness (QED) is 0.720. The van der Waals surface area contributed by atoms with Crippen LogP contribution in [-0.4, -0.2) is 49.1 Å². The van der Waals surface area contributed by atoms with Gasteiger partial charge in [0.2, 0.25) is 0 Å². The number of halogens is 2. The summed E-state index contributed by atoms with van der Waals surface area (Å²) in [6.07, 6.45) is 0.785. The zero-order chi connectivity index (χ0) is 9.68. The van der Waals surface area contributed by atoms with Gasteiger partial charge in [-0.2, -0.15) is 0 Å². The molecule has 2 nitrogen and oxygen atoms in total. The highest BCUT2D eigenvalue weighted by molar-refractivity contribution is 4.73. The normalized spacial score (nSPS) is 23.3. The Morgan fingerprint density at radius 3 is 2.38 bits per heavy atom. The first-order chi connectivity index (χ1) is 6.26. The second-order valence-electron chi connectivity index (χ2n) is 3.71. The average Bonchev–Trinajstić information content (AvgIpc) is 2.19. The molecule has 1 saturated heterocycles. The lowest BCUT2D eigenvalue weighted by Crippen LogP contribution is -2.39. The van der Waals surface area contributed by atoms with Crippen LogP contribution in [0, 0.1) is 5.92 Å². The van der Waals surface area contributed by atoms with Crippen molar-refractivity contribution in [2.75, 3.05) is 33.0 Å². The Kier molecular flexibility index (Phi) is 4.59. The van der Waals surface area contributed by atoms with Crippen LogP contribution >= 0.6 is 0 Å². The molecule has 0 saturated carbocycles. The van der Waals surface area contributed by atoms with Gasteiger partial charge in [-0.05, 0) is 31.8 Å². The van der Waals surface area contributed by atoms with Crippen LogP contribution in [0.4, 0.5) is 8.78 Å². The van der Waals surface area contributed by atoms with Gasteiger partial charge in [0.05, 0.1) is 12.8 Å². The van der Waals surface area contributed by atoms with Crippen molar-refractivity contribution in [1.82, 2.24) is 4.90 Å². The molecule has 1 N–H and O–H groups in total. The van der Waals surface area contributed by atoms with Crippen molar-refractivity contribution in [3.05, 3.63) is 0 Å². The van der Waals surface area contributed by atoms with Crippen LogP contribution in [0.1, 0.15) is 12.8 Å². The first-order valence-electron chi connectivity index (χ1n) is 4.78.